The fourth-order valence-corrected chi connectivity index (χ4v) is 1.97. The van der Waals surface area contributed by atoms with E-state index in [1.807, 2.05) is 13.8 Å². The van der Waals surface area contributed by atoms with Crippen LogP contribution in [0.15, 0.2) is 12.1 Å². The molecule has 0 radical (unpaired) electrons. The van der Waals surface area contributed by atoms with Gasteiger partial charge in [-0.05, 0) is 19.4 Å². The molecule has 0 aliphatic carbocycles. The highest BCUT2D eigenvalue weighted by molar-refractivity contribution is 5.32. The summed E-state index contributed by atoms with van der Waals surface area (Å²) in [4.78, 5) is 0. The molecule has 0 saturated heterocycles. The largest absolute Gasteiger partial charge is 0.497 e. The number of ether oxygens (including phenoxy) is 1. The summed E-state index contributed by atoms with van der Waals surface area (Å²) >= 11 is 0. The van der Waals surface area contributed by atoms with Crippen molar-refractivity contribution in [1.29, 1.82) is 0 Å². The number of hydrogen-bond acceptors (Lipinski definition) is 2. The summed E-state index contributed by atoms with van der Waals surface area (Å²) in [5, 5.41) is 3.18. The van der Waals surface area contributed by atoms with E-state index in [9.17, 15) is 8.78 Å². The molecule has 0 spiro atoms. The van der Waals surface area contributed by atoms with Crippen molar-refractivity contribution in [3.8, 4) is 5.75 Å². The Morgan fingerprint density at radius 2 is 1.78 bits per heavy atom. The van der Waals surface area contributed by atoms with Crippen LogP contribution in [0.2, 0.25) is 0 Å². The van der Waals surface area contributed by atoms with Gasteiger partial charge in [0.25, 0.3) is 0 Å². The van der Waals surface area contributed by atoms with Gasteiger partial charge in [-0.25, -0.2) is 8.78 Å². The summed E-state index contributed by atoms with van der Waals surface area (Å²) in [6, 6.07) is 2.18. The normalized spacial score (nSPS) is 12.5. The average Bonchev–Trinajstić information content (AvgIpc) is 2.34. The van der Waals surface area contributed by atoms with Crippen molar-refractivity contribution in [2.24, 2.45) is 0 Å². The van der Waals surface area contributed by atoms with Gasteiger partial charge >= 0.3 is 0 Å². The van der Waals surface area contributed by atoms with Gasteiger partial charge < -0.3 is 10.1 Å². The van der Waals surface area contributed by atoms with Gasteiger partial charge in [0.1, 0.15) is 17.4 Å². The van der Waals surface area contributed by atoms with Crippen molar-refractivity contribution in [2.75, 3.05) is 13.7 Å². The molecule has 4 heteroatoms. The molecular weight excluding hydrogens is 236 g/mol. The SMILES string of the molecule is CCCNC(CCC)c1c(F)cc(OC)cc1F. The molecule has 0 aliphatic rings. The third kappa shape index (κ3) is 3.67. The van der Waals surface area contributed by atoms with Gasteiger partial charge in [-0.2, -0.15) is 0 Å². The van der Waals surface area contributed by atoms with Crippen LogP contribution >= 0.6 is 0 Å². The molecule has 0 aromatic heterocycles. The molecule has 1 unspecified atom stereocenters. The van der Waals surface area contributed by atoms with Gasteiger partial charge in [-0.3, -0.25) is 0 Å². The summed E-state index contributed by atoms with van der Waals surface area (Å²) in [6.45, 7) is 4.77. The van der Waals surface area contributed by atoms with E-state index in [1.165, 1.54) is 19.2 Å². The standard InChI is InChI=1S/C14H21F2NO/c1-4-6-13(17-7-5-2)14-11(15)8-10(18-3)9-12(14)16/h8-9,13,17H,4-7H2,1-3H3. The quantitative estimate of drug-likeness (QED) is 0.802. The topological polar surface area (TPSA) is 21.3 Å². The molecule has 1 aromatic carbocycles. The van der Waals surface area contributed by atoms with Gasteiger partial charge in [0.15, 0.2) is 0 Å². The first-order valence-electron chi connectivity index (χ1n) is 6.40. The van der Waals surface area contributed by atoms with Crippen LogP contribution in [0.25, 0.3) is 0 Å². The number of nitrogens with one attached hydrogen (secondary N) is 1. The molecule has 1 N–H and O–H groups in total. The Hall–Kier alpha value is -1.16. The van der Waals surface area contributed by atoms with Crippen LogP contribution in [0.5, 0.6) is 5.75 Å². The van der Waals surface area contributed by atoms with Gasteiger partial charge in [0, 0.05) is 23.7 Å². The first kappa shape index (κ1) is 14.9. The van der Waals surface area contributed by atoms with Gasteiger partial charge in [0.05, 0.1) is 7.11 Å². The number of methoxy groups -OCH3 is 1. The average molecular weight is 257 g/mol. The highest BCUT2D eigenvalue weighted by Crippen LogP contribution is 2.28. The molecule has 1 rings (SSSR count). The first-order chi connectivity index (χ1) is 8.63. The molecule has 1 aromatic rings. The van der Waals surface area contributed by atoms with Crippen molar-refractivity contribution in [3.63, 3.8) is 0 Å². The third-order valence-electron chi connectivity index (χ3n) is 2.85. The molecule has 0 amide bonds. The van der Waals surface area contributed by atoms with Crippen LogP contribution in [0.3, 0.4) is 0 Å². The van der Waals surface area contributed by atoms with Crippen LogP contribution in [-0.2, 0) is 0 Å². The monoisotopic (exact) mass is 257 g/mol. The molecule has 0 aliphatic heterocycles. The Morgan fingerprint density at radius 3 is 2.22 bits per heavy atom. The number of hydrogen-bond donors (Lipinski definition) is 1. The summed E-state index contributed by atoms with van der Waals surface area (Å²) in [6.07, 6.45) is 2.51. The predicted molar refractivity (Wildman–Crippen MR) is 68.9 cm³/mol. The highest BCUT2D eigenvalue weighted by Gasteiger charge is 2.20. The van der Waals surface area contributed by atoms with Crippen molar-refractivity contribution in [1.82, 2.24) is 5.32 Å². The summed E-state index contributed by atoms with van der Waals surface area (Å²) in [5.74, 6) is -0.887. The van der Waals surface area contributed by atoms with Crippen LogP contribution in [-0.4, -0.2) is 13.7 Å². The van der Waals surface area contributed by atoms with Gasteiger partial charge in [-0.1, -0.05) is 20.3 Å². The highest BCUT2D eigenvalue weighted by atomic mass is 19.1. The second kappa shape index (κ2) is 7.31. The Balaban J connectivity index is 3.02. The van der Waals surface area contributed by atoms with Crippen molar-refractivity contribution >= 4 is 0 Å². The van der Waals surface area contributed by atoms with E-state index in [2.05, 4.69) is 5.32 Å². The van der Waals surface area contributed by atoms with E-state index in [-0.39, 0.29) is 17.4 Å². The fraction of sp³-hybridized carbons (Fsp3) is 0.571. The van der Waals surface area contributed by atoms with E-state index in [0.717, 1.165) is 19.4 Å². The minimum atomic E-state index is -0.547. The van der Waals surface area contributed by atoms with Crippen molar-refractivity contribution < 1.29 is 13.5 Å². The predicted octanol–water partition coefficient (Wildman–Crippen LogP) is 3.81. The maximum atomic E-state index is 13.9. The van der Waals surface area contributed by atoms with E-state index in [0.29, 0.717) is 6.42 Å². The summed E-state index contributed by atoms with van der Waals surface area (Å²) in [7, 11) is 1.40. The second-order valence-corrected chi connectivity index (χ2v) is 4.30. The van der Waals surface area contributed by atoms with Crippen molar-refractivity contribution in [2.45, 2.75) is 39.2 Å². The molecule has 0 fully saturated rings. The zero-order valence-corrected chi connectivity index (χ0v) is 11.2. The third-order valence-corrected chi connectivity index (χ3v) is 2.85. The minimum absolute atomic E-state index is 0.117. The van der Waals surface area contributed by atoms with E-state index in [4.69, 9.17) is 4.74 Å². The Labute approximate surface area is 107 Å². The zero-order valence-electron chi connectivity index (χ0n) is 11.2. The maximum absolute atomic E-state index is 13.9. The second-order valence-electron chi connectivity index (χ2n) is 4.30. The number of benzene rings is 1. The van der Waals surface area contributed by atoms with Crippen LogP contribution in [0, 0.1) is 11.6 Å². The molecule has 1 atom stereocenters. The molecule has 0 heterocycles. The van der Waals surface area contributed by atoms with Crippen molar-refractivity contribution in [3.05, 3.63) is 29.3 Å². The lowest BCUT2D eigenvalue weighted by Gasteiger charge is -2.20. The van der Waals surface area contributed by atoms with Crippen LogP contribution < -0.4 is 10.1 Å². The summed E-state index contributed by atoms with van der Waals surface area (Å²) in [5.41, 5.74) is 0.117. The summed E-state index contributed by atoms with van der Waals surface area (Å²) < 4.78 is 32.7. The number of rotatable bonds is 7. The Morgan fingerprint density at radius 1 is 1.17 bits per heavy atom. The zero-order chi connectivity index (χ0) is 13.5. The minimum Gasteiger partial charge on any atom is -0.497 e. The lowest BCUT2D eigenvalue weighted by Crippen LogP contribution is -2.24. The molecular formula is C14H21F2NO. The molecule has 0 saturated carbocycles. The lowest BCUT2D eigenvalue weighted by molar-refractivity contribution is 0.397. The maximum Gasteiger partial charge on any atom is 0.134 e. The van der Waals surface area contributed by atoms with Gasteiger partial charge in [-0.15, -0.1) is 0 Å². The fourth-order valence-electron chi connectivity index (χ4n) is 1.97. The Bertz CT molecular complexity index is 359. The molecule has 102 valence electrons. The molecule has 0 bridgehead atoms. The van der Waals surface area contributed by atoms with E-state index < -0.39 is 11.6 Å². The smallest absolute Gasteiger partial charge is 0.134 e. The van der Waals surface area contributed by atoms with Gasteiger partial charge in [0.2, 0.25) is 0 Å². The lowest BCUT2D eigenvalue weighted by atomic mass is 10.0. The van der Waals surface area contributed by atoms with E-state index in [1.54, 1.807) is 0 Å². The molecule has 2 nitrogen and oxygen atoms in total. The number of halogens is 2. The van der Waals surface area contributed by atoms with E-state index >= 15 is 0 Å². The van der Waals surface area contributed by atoms with Crippen LogP contribution in [0.4, 0.5) is 8.78 Å². The Kier molecular flexibility index (Phi) is 6.05. The molecule has 18 heavy (non-hydrogen) atoms. The first-order valence-corrected chi connectivity index (χ1v) is 6.40. The van der Waals surface area contributed by atoms with Crippen LogP contribution in [0.1, 0.15) is 44.7 Å².